The SMILES string of the molecule is CCCCCCCCCCOc1ccc(OCC(=O)NCCc2cc[n+](C)cc2)cc1OC.[I-]. The van der Waals surface area contributed by atoms with Crippen LogP contribution in [0.25, 0.3) is 0 Å². The van der Waals surface area contributed by atoms with Crippen LogP contribution in [0.1, 0.15) is 63.9 Å². The summed E-state index contributed by atoms with van der Waals surface area (Å²) in [4.78, 5) is 12.1. The summed E-state index contributed by atoms with van der Waals surface area (Å²) in [5.41, 5.74) is 1.18. The number of amides is 1. The van der Waals surface area contributed by atoms with Gasteiger partial charge in [-0.15, -0.1) is 0 Å². The molecular weight excluding hydrogens is 543 g/mol. The fraction of sp³-hybridized carbons (Fsp3) is 0.556. The fourth-order valence-corrected chi connectivity index (χ4v) is 3.52. The standard InChI is InChI=1S/C27H40N2O4.HI/c1-4-5-6-7-8-9-10-11-20-32-25-13-12-24(21-26(25)31-3)33-22-27(30)28-17-14-23-15-18-29(2)19-16-23;/h12-13,15-16,18-19,21H,4-11,14,17,20,22H2,1-3H3;1H. The molecule has 7 heteroatoms. The molecule has 0 aliphatic heterocycles. The molecular formula is C27H41IN2O4. The van der Waals surface area contributed by atoms with Crippen molar-refractivity contribution < 1.29 is 47.5 Å². The fourth-order valence-electron chi connectivity index (χ4n) is 3.52. The summed E-state index contributed by atoms with van der Waals surface area (Å²) in [5, 5.41) is 2.89. The molecule has 2 aromatic rings. The highest BCUT2D eigenvalue weighted by atomic mass is 127. The van der Waals surface area contributed by atoms with Crippen LogP contribution in [0.15, 0.2) is 42.7 Å². The van der Waals surface area contributed by atoms with Crippen molar-refractivity contribution in [2.45, 2.75) is 64.7 Å². The quantitative estimate of drug-likeness (QED) is 0.175. The summed E-state index contributed by atoms with van der Waals surface area (Å²) in [6.07, 6.45) is 14.9. The Labute approximate surface area is 222 Å². The lowest BCUT2D eigenvalue weighted by atomic mass is 10.1. The van der Waals surface area contributed by atoms with Gasteiger partial charge in [-0.1, -0.05) is 51.9 Å². The number of aromatic nitrogens is 1. The van der Waals surface area contributed by atoms with E-state index in [4.69, 9.17) is 14.2 Å². The number of pyridine rings is 1. The van der Waals surface area contributed by atoms with E-state index in [1.54, 1.807) is 13.2 Å². The zero-order valence-electron chi connectivity index (χ0n) is 21.0. The molecule has 190 valence electrons. The number of methoxy groups -OCH3 is 1. The van der Waals surface area contributed by atoms with Crippen molar-refractivity contribution in [3.8, 4) is 17.2 Å². The number of nitrogens with zero attached hydrogens (tertiary/aromatic N) is 1. The molecule has 34 heavy (non-hydrogen) atoms. The Kier molecular flexibility index (Phi) is 16.2. The molecule has 2 rings (SSSR count). The Morgan fingerprint density at radius 3 is 2.26 bits per heavy atom. The monoisotopic (exact) mass is 584 g/mol. The van der Waals surface area contributed by atoms with E-state index in [1.807, 2.05) is 48.3 Å². The maximum absolute atomic E-state index is 12.1. The molecule has 1 N–H and O–H groups in total. The molecule has 1 amide bonds. The van der Waals surface area contributed by atoms with E-state index >= 15 is 0 Å². The van der Waals surface area contributed by atoms with Crippen LogP contribution in [0.3, 0.4) is 0 Å². The molecule has 0 saturated carbocycles. The Morgan fingerprint density at radius 1 is 0.912 bits per heavy atom. The largest absolute Gasteiger partial charge is 1.00 e. The number of hydrogen-bond donors (Lipinski definition) is 1. The minimum absolute atomic E-state index is 0. The Bertz CT molecular complexity index is 815. The summed E-state index contributed by atoms with van der Waals surface area (Å²) < 4.78 is 18.9. The van der Waals surface area contributed by atoms with Gasteiger partial charge < -0.3 is 43.5 Å². The van der Waals surface area contributed by atoms with E-state index in [1.165, 1.54) is 50.5 Å². The molecule has 0 fully saturated rings. The smallest absolute Gasteiger partial charge is 0.257 e. The summed E-state index contributed by atoms with van der Waals surface area (Å²) in [6, 6.07) is 9.51. The summed E-state index contributed by atoms with van der Waals surface area (Å²) >= 11 is 0. The predicted octanol–water partition coefficient (Wildman–Crippen LogP) is 1.78. The van der Waals surface area contributed by atoms with E-state index < -0.39 is 0 Å². The normalized spacial score (nSPS) is 10.3. The molecule has 0 saturated heterocycles. The van der Waals surface area contributed by atoms with Gasteiger partial charge in [-0.3, -0.25) is 4.79 Å². The summed E-state index contributed by atoms with van der Waals surface area (Å²) in [5.74, 6) is 1.75. The van der Waals surface area contributed by atoms with E-state index in [0.29, 0.717) is 30.4 Å². The summed E-state index contributed by atoms with van der Waals surface area (Å²) in [6.45, 7) is 3.46. The number of unbranched alkanes of at least 4 members (excludes halogenated alkanes) is 7. The zero-order chi connectivity index (χ0) is 23.7. The average molecular weight is 585 g/mol. The summed E-state index contributed by atoms with van der Waals surface area (Å²) in [7, 11) is 3.59. The first kappa shape index (κ1) is 30.0. The third-order valence-corrected chi connectivity index (χ3v) is 5.54. The van der Waals surface area contributed by atoms with E-state index in [2.05, 4.69) is 12.2 Å². The van der Waals surface area contributed by atoms with Gasteiger partial charge in [0, 0.05) is 24.7 Å². The van der Waals surface area contributed by atoms with Crippen LogP contribution < -0.4 is 48.1 Å². The number of halogens is 1. The van der Waals surface area contributed by atoms with Crippen molar-refractivity contribution >= 4 is 5.91 Å². The number of nitrogens with one attached hydrogen (secondary N) is 1. The molecule has 0 aliphatic rings. The second kappa shape index (κ2) is 18.3. The maximum atomic E-state index is 12.1. The van der Waals surface area contributed by atoms with Gasteiger partial charge in [0.15, 0.2) is 30.5 Å². The van der Waals surface area contributed by atoms with Crippen molar-refractivity contribution in [1.29, 1.82) is 0 Å². The molecule has 1 heterocycles. The van der Waals surface area contributed by atoms with Gasteiger partial charge in [0.05, 0.1) is 13.7 Å². The molecule has 0 aliphatic carbocycles. The van der Waals surface area contributed by atoms with Gasteiger partial charge >= 0.3 is 0 Å². The number of carbonyl (C=O) groups excluding carboxylic acids is 1. The highest BCUT2D eigenvalue weighted by molar-refractivity contribution is 5.77. The zero-order valence-corrected chi connectivity index (χ0v) is 23.1. The Morgan fingerprint density at radius 2 is 1.59 bits per heavy atom. The van der Waals surface area contributed by atoms with Crippen molar-refractivity contribution in [1.82, 2.24) is 5.32 Å². The van der Waals surface area contributed by atoms with Crippen molar-refractivity contribution in [3.05, 3.63) is 48.3 Å². The van der Waals surface area contributed by atoms with Crippen molar-refractivity contribution in [2.75, 3.05) is 26.9 Å². The number of carbonyl (C=O) groups is 1. The van der Waals surface area contributed by atoms with Crippen LogP contribution >= 0.6 is 0 Å². The van der Waals surface area contributed by atoms with Gasteiger partial charge in [-0.2, -0.15) is 0 Å². The van der Waals surface area contributed by atoms with Crippen LogP contribution in [0.4, 0.5) is 0 Å². The van der Waals surface area contributed by atoms with Crippen LogP contribution in [-0.4, -0.2) is 32.8 Å². The van der Waals surface area contributed by atoms with Crippen LogP contribution in [0.5, 0.6) is 17.2 Å². The third-order valence-electron chi connectivity index (χ3n) is 5.54. The first-order valence-electron chi connectivity index (χ1n) is 12.3. The molecule has 0 radical (unpaired) electrons. The lowest BCUT2D eigenvalue weighted by Crippen LogP contribution is -3.00. The highest BCUT2D eigenvalue weighted by Crippen LogP contribution is 2.31. The van der Waals surface area contributed by atoms with Crippen LogP contribution in [0, 0.1) is 0 Å². The number of aryl methyl sites for hydroxylation is 1. The second-order valence-electron chi connectivity index (χ2n) is 8.40. The molecule has 1 aromatic heterocycles. The second-order valence-corrected chi connectivity index (χ2v) is 8.40. The van der Waals surface area contributed by atoms with E-state index in [9.17, 15) is 4.79 Å². The molecule has 0 unspecified atom stereocenters. The highest BCUT2D eigenvalue weighted by Gasteiger charge is 2.09. The van der Waals surface area contributed by atoms with Gasteiger partial charge in [-0.25, -0.2) is 4.57 Å². The lowest BCUT2D eigenvalue weighted by Gasteiger charge is -2.13. The van der Waals surface area contributed by atoms with Crippen LogP contribution in [0.2, 0.25) is 0 Å². The molecule has 0 spiro atoms. The Hall–Kier alpha value is -2.03. The Balaban J connectivity index is 0.00000578. The number of benzene rings is 1. The van der Waals surface area contributed by atoms with Gasteiger partial charge in [0.2, 0.25) is 0 Å². The minimum Gasteiger partial charge on any atom is -1.00 e. The average Bonchev–Trinajstić information content (AvgIpc) is 2.83. The first-order chi connectivity index (χ1) is 16.1. The molecule has 1 aromatic carbocycles. The lowest BCUT2D eigenvalue weighted by molar-refractivity contribution is -0.671. The predicted molar refractivity (Wildman–Crippen MR) is 131 cm³/mol. The molecule has 0 atom stereocenters. The minimum atomic E-state index is -0.148. The van der Waals surface area contributed by atoms with Crippen molar-refractivity contribution in [2.24, 2.45) is 7.05 Å². The van der Waals surface area contributed by atoms with E-state index in [-0.39, 0.29) is 36.5 Å². The van der Waals surface area contributed by atoms with Gasteiger partial charge in [0.25, 0.3) is 5.91 Å². The topological polar surface area (TPSA) is 60.7 Å². The third kappa shape index (κ3) is 12.4. The van der Waals surface area contributed by atoms with Crippen LogP contribution in [-0.2, 0) is 18.3 Å². The number of ether oxygens (including phenoxy) is 3. The molecule has 6 nitrogen and oxygen atoms in total. The number of rotatable bonds is 17. The maximum Gasteiger partial charge on any atom is 0.257 e. The van der Waals surface area contributed by atoms with Gasteiger partial charge in [-0.05, 0) is 30.5 Å². The van der Waals surface area contributed by atoms with Gasteiger partial charge in [0.1, 0.15) is 12.8 Å². The van der Waals surface area contributed by atoms with Crippen molar-refractivity contribution in [3.63, 3.8) is 0 Å². The first-order valence-corrected chi connectivity index (χ1v) is 12.3. The number of hydrogen-bond acceptors (Lipinski definition) is 4. The van der Waals surface area contributed by atoms with E-state index in [0.717, 1.165) is 12.8 Å². The molecule has 0 bridgehead atoms.